The molecule has 1 aliphatic rings. The molecule has 22 heavy (non-hydrogen) atoms. The van der Waals surface area contributed by atoms with E-state index in [2.05, 4.69) is 25.9 Å². The molecule has 1 aromatic heterocycles. The molecule has 1 aromatic carbocycles. The van der Waals surface area contributed by atoms with Gasteiger partial charge in [0.05, 0.1) is 17.9 Å². The highest BCUT2D eigenvalue weighted by Crippen LogP contribution is 2.33. The molecule has 3 rings (SSSR count). The maximum absolute atomic E-state index is 6.22. The number of nitrogens with zero attached hydrogens (tertiary/aromatic N) is 2. The molecule has 1 fully saturated rings. The van der Waals surface area contributed by atoms with Crippen LogP contribution in [0.5, 0.6) is 5.75 Å². The number of ether oxygens (including phenoxy) is 2. The van der Waals surface area contributed by atoms with E-state index in [0.717, 1.165) is 52.5 Å². The summed E-state index contributed by atoms with van der Waals surface area (Å²) in [7, 11) is 1.77. The quantitative estimate of drug-likeness (QED) is 0.899. The Labute approximate surface area is 138 Å². The number of aryl methyl sites for hydroxylation is 1. The van der Waals surface area contributed by atoms with E-state index < -0.39 is 0 Å². The third-order valence-corrected chi connectivity index (χ3v) is 4.64. The highest BCUT2D eigenvalue weighted by Gasteiger charge is 2.23. The third-order valence-electron chi connectivity index (χ3n) is 4.19. The lowest BCUT2D eigenvalue weighted by Gasteiger charge is -2.28. The van der Waals surface area contributed by atoms with E-state index >= 15 is 0 Å². The van der Waals surface area contributed by atoms with Crippen LogP contribution in [0.25, 0.3) is 10.9 Å². The summed E-state index contributed by atoms with van der Waals surface area (Å²) >= 11 is 3.53. The first-order chi connectivity index (χ1) is 10.6. The number of benzene rings is 1. The van der Waals surface area contributed by atoms with E-state index in [-0.39, 0.29) is 12.1 Å². The van der Waals surface area contributed by atoms with Crippen LogP contribution < -0.4 is 10.5 Å². The molecule has 0 bridgehead atoms. The first-order valence-electron chi connectivity index (χ1n) is 7.49. The van der Waals surface area contributed by atoms with Crippen LogP contribution in [0.15, 0.2) is 16.6 Å². The number of hydrogen-bond acceptors (Lipinski definition) is 5. The molecule has 6 heteroatoms. The molecule has 1 aliphatic carbocycles. The zero-order valence-corrected chi connectivity index (χ0v) is 14.4. The molecule has 0 unspecified atom stereocenters. The minimum Gasteiger partial charge on any atom is -0.488 e. The van der Waals surface area contributed by atoms with Crippen molar-refractivity contribution in [1.82, 2.24) is 9.97 Å². The third kappa shape index (κ3) is 3.17. The minimum atomic E-state index is 0.195. The number of anilines is 1. The lowest BCUT2D eigenvalue weighted by Crippen LogP contribution is -2.27. The molecule has 0 atom stereocenters. The zero-order chi connectivity index (χ0) is 15.7. The topological polar surface area (TPSA) is 70.3 Å². The van der Waals surface area contributed by atoms with Crippen molar-refractivity contribution in [2.24, 2.45) is 0 Å². The maximum atomic E-state index is 6.22. The highest BCUT2D eigenvalue weighted by molar-refractivity contribution is 9.10. The van der Waals surface area contributed by atoms with Gasteiger partial charge in [0.25, 0.3) is 0 Å². The second kappa shape index (κ2) is 6.38. The molecule has 2 N–H and O–H groups in total. The molecular formula is C16H20BrN3O2. The number of nitrogen functional groups attached to an aromatic ring is 1. The van der Waals surface area contributed by atoms with Crippen LogP contribution in [0.1, 0.15) is 31.4 Å². The van der Waals surface area contributed by atoms with Crippen LogP contribution in [0, 0.1) is 6.92 Å². The summed E-state index contributed by atoms with van der Waals surface area (Å²) in [6.45, 7) is 1.93. The Kier molecular flexibility index (Phi) is 4.49. The van der Waals surface area contributed by atoms with E-state index in [0.29, 0.717) is 6.10 Å². The number of halogens is 1. The smallest absolute Gasteiger partial charge is 0.220 e. The van der Waals surface area contributed by atoms with Crippen molar-refractivity contribution in [3.63, 3.8) is 0 Å². The molecule has 0 saturated heterocycles. The molecule has 118 valence electrons. The van der Waals surface area contributed by atoms with Crippen LogP contribution in [0.3, 0.4) is 0 Å². The van der Waals surface area contributed by atoms with Gasteiger partial charge in [0.2, 0.25) is 5.95 Å². The molecule has 1 heterocycles. The van der Waals surface area contributed by atoms with Crippen molar-refractivity contribution in [2.45, 2.75) is 44.8 Å². The van der Waals surface area contributed by atoms with Gasteiger partial charge >= 0.3 is 0 Å². The van der Waals surface area contributed by atoms with Crippen LogP contribution in [-0.2, 0) is 4.74 Å². The Balaban J connectivity index is 1.90. The van der Waals surface area contributed by atoms with E-state index in [1.54, 1.807) is 7.11 Å². The fraction of sp³-hybridized carbons (Fsp3) is 0.500. The first kappa shape index (κ1) is 15.5. The van der Waals surface area contributed by atoms with Gasteiger partial charge in [-0.05, 0) is 44.7 Å². The fourth-order valence-corrected chi connectivity index (χ4v) is 3.43. The van der Waals surface area contributed by atoms with Gasteiger partial charge in [-0.3, -0.25) is 0 Å². The van der Waals surface area contributed by atoms with Crippen molar-refractivity contribution in [3.05, 3.63) is 22.3 Å². The molecule has 5 nitrogen and oxygen atoms in total. The van der Waals surface area contributed by atoms with E-state index in [9.17, 15) is 0 Å². The number of hydrogen-bond donors (Lipinski definition) is 1. The van der Waals surface area contributed by atoms with Crippen molar-refractivity contribution < 1.29 is 9.47 Å². The van der Waals surface area contributed by atoms with Gasteiger partial charge in [0.1, 0.15) is 11.3 Å². The predicted octanol–water partition coefficient (Wildman–Crippen LogP) is 3.62. The van der Waals surface area contributed by atoms with Crippen molar-refractivity contribution >= 4 is 32.8 Å². The standard InChI is InChI=1S/C16H20BrN3O2/c1-9-13-7-10(17)8-14(15(13)20-16(18)19-9)22-12-5-3-11(21-2)4-6-12/h7-8,11-12H,3-6H2,1-2H3,(H2,18,19,20)/t11-,12+. The zero-order valence-electron chi connectivity index (χ0n) is 12.8. The van der Waals surface area contributed by atoms with Gasteiger partial charge in [-0.2, -0.15) is 0 Å². The van der Waals surface area contributed by atoms with Crippen LogP contribution in [0.2, 0.25) is 0 Å². The Morgan fingerprint density at radius 2 is 1.82 bits per heavy atom. The van der Waals surface area contributed by atoms with E-state index in [1.807, 2.05) is 19.1 Å². The monoisotopic (exact) mass is 365 g/mol. The lowest BCUT2D eigenvalue weighted by atomic mass is 9.95. The Hall–Kier alpha value is -1.40. The Morgan fingerprint density at radius 3 is 2.50 bits per heavy atom. The fourth-order valence-electron chi connectivity index (χ4n) is 2.99. The Bertz CT molecular complexity index is 685. The van der Waals surface area contributed by atoms with Gasteiger partial charge < -0.3 is 15.2 Å². The number of methoxy groups -OCH3 is 1. The van der Waals surface area contributed by atoms with E-state index in [1.165, 1.54) is 0 Å². The number of nitrogens with two attached hydrogens (primary N) is 1. The summed E-state index contributed by atoms with van der Waals surface area (Å²) in [5.41, 5.74) is 7.43. The maximum Gasteiger partial charge on any atom is 0.220 e. The van der Waals surface area contributed by atoms with Crippen molar-refractivity contribution in [1.29, 1.82) is 0 Å². The van der Waals surface area contributed by atoms with Crippen LogP contribution in [-0.4, -0.2) is 29.3 Å². The molecule has 0 spiro atoms. The summed E-state index contributed by atoms with van der Waals surface area (Å²) in [5.74, 6) is 1.04. The number of aromatic nitrogens is 2. The van der Waals surface area contributed by atoms with Gasteiger partial charge in [-0.1, -0.05) is 15.9 Å². The van der Waals surface area contributed by atoms with E-state index in [4.69, 9.17) is 15.2 Å². The average molecular weight is 366 g/mol. The summed E-state index contributed by atoms with van der Waals surface area (Å²) < 4.78 is 12.6. The molecule has 1 saturated carbocycles. The summed E-state index contributed by atoms with van der Waals surface area (Å²) in [6, 6.07) is 3.95. The summed E-state index contributed by atoms with van der Waals surface area (Å²) in [4.78, 5) is 8.60. The predicted molar refractivity (Wildman–Crippen MR) is 90.1 cm³/mol. The van der Waals surface area contributed by atoms with Gasteiger partial charge in [-0.25, -0.2) is 9.97 Å². The molecule has 2 aromatic rings. The molecule has 0 amide bonds. The second-order valence-corrected chi connectivity index (χ2v) is 6.64. The SMILES string of the molecule is CO[C@H]1CC[C@@H](Oc2cc(Br)cc3c(C)nc(N)nc23)CC1. The number of fused-ring (bicyclic) bond motifs is 1. The Morgan fingerprint density at radius 1 is 1.14 bits per heavy atom. The summed E-state index contributed by atoms with van der Waals surface area (Å²) in [6.07, 6.45) is 4.60. The van der Waals surface area contributed by atoms with Crippen molar-refractivity contribution in [3.8, 4) is 5.75 Å². The van der Waals surface area contributed by atoms with Crippen LogP contribution in [0.4, 0.5) is 5.95 Å². The van der Waals surface area contributed by atoms with Gasteiger partial charge in [-0.15, -0.1) is 0 Å². The summed E-state index contributed by atoms with van der Waals surface area (Å²) in [5, 5.41) is 0.962. The largest absolute Gasteiger partial charge is 0.488 e. The molecule has 0 aliphatic heterocycles. The van der Waals surface area contributed by atoms with Gasteiger partial charge in [0, 0.05) is 17.0 Å². The van der Waals surface area contributed by atoms with Gasteiger partial charge in [0.15, 0.2) is 0 Å². The van der Waals surface area contributed by atoms with Crippen molar-refractivity contribution in [2.75, 3.05) is 12.8 Å². The lowest BCUT2D eigenvalue weighted by molar-refractivity contribution is 0.0331. The highest BCUT2D eigenvalue weighted by atomic mass is 79.9. The molecule has 0 radical (unpaired) electrons. The van der Waals surface area contributed by atoms with Crippen LogP contribution >= 0.6 is 15.9 Å². The first-order valence-corrected chi connectivity index (χ1v) is 8.29. The normalized spacial score (nSPS) is 22.0. The second-order valence-electron chi connectivity index (χ2n) is 5.72. The molecular weight excluding hydrogens is 346 g/mol. The minimum absolute atomic E-state index is 0.195. The number of rotatable bonds is 3. The average Bonchev–Trinajstić information content (AvgIpc) is 2.49.